The molecule has 8 heteroatoms. The quantitative estimate of drug-likeness (QED) is 0.369. The van der Waals surface area contributed by atoms with E-state index in [9.17, 15) is 19.5 Å². The largest absolute Gasteiger partial charge is 0.387 e. The van der Waals surface area contributed by atoms with Crippen molar-refractivity contribution < 1.29 is 24.2 Å². The first-order chi connectivity index (χ1) is 13.1. The fraction of sp³-hybridized carbons (Fsp3) is 0.850. The summed E-state index contributed by atoms with van der Waals surface area (Å²) in [5, 5.41) is 15.9. The molecule has 3 N–H and O–H groups in total. The van der Waals surface area contributed by atoms with E-state index >= 15 is 0 Å². The minimum atomic E-state index is -1.04. The van der Waals surface area contributed by atoms with Crippen LogP contribution in [-0.2, 0) is 19.1 Å². The van der Waals surface area contributed by atoms with Crippen LogP contribution in [0, 0.1) is 5.92 Å². The maximum atomic E-state index is 12.4. The van der Waals surface area contributed by atoms with Crippen molar-refractivity contribution in [3.05, 3.63) is 0 Å². The number of nitrogens with zero attached hydrogens (tertiary/aromatic N) is 1. The highest BCUT2D eigenvalue weighted by Gasteiger charge is 2.45. The van der Waals surface area contributed by atoms with Gasteiger partial charge in [0, 0.05) is 32.6 Å². The lowest BCUT2D eigenvalue weighted by Gasteiger charge is -2.40. The van der Waals surface area contributed by atoms with Crippen molar-refractivity contribution in [2.24, 2.45) is 5.92 Å². The average Bonchev–Trinajstić information content (AvgIpc) is 2.81. The van der Waals surface area contributed by atoms with Crippen LogP contribution in [0.4, 0.5) is 0 Å². The second-order valence-corrected chi connectivity index (χ2v) is 8.77. The van der Waals surface area contributed by atoms with Gasteiger partial charge in [0.25, 0.3) is 0 Å². The summed E-state index contributed by atoms with van der Waals surface area (Å²) in [6.07, 6.45) is 3.33. The number of rotatable bonds is 10. The van der Waals surface area contributed by atoms with Gasteiger partial charge in [0.05, 0.1) is 24.2 Å². The van der Waals surface area contributed by atoms with Crippen molar-refractivity contribution >= 4 is 17.7 Å². The molecule has 0 bridgehead atoms. The summed E-state index contributed by atoms with van der Waals surface area (Å²) in [5.41, 5.74) is -1.42. The third-order valence-corrected chi connectivity index (χ3v) is 5.33. The van der Waals surface area contributed by atoms with E-state index in [1.165, 1.54) is 0 Å². The molecule has 160 valence electrons. The first-order valence-corrected chi connectivity index (χ1v) is 10.3. The highest BCUT2D eigenvalue weighted by atomic mass is 16.5. The molecule has 2 aliphatic rings. The summed E-state index contributed by atoms with van der Waals surface area (Å²) in [5.74, 6) is -0.0152. The first kappa shape index (κ1) is 22.6. The van der Waals surface area contributed by atoms with Crippen molar-refractivity contribution in [2.45, 2.75) is 70.5 Å². The zero-order valence-electron chi connectivity index (χ0n) is 17.4. The molecule has 1 unspecified atom stereocenters. The van der Waals surface area contributed by atoms with Gasteiger partial charge in [0.2, 0.25) is 17.7 Å². The lowest BCUT2D eigenvalue weighted by molar-refractivity contribution is -0.143. The topological polar surface area (TPSA) is 108 Å². The van der Waals surface area contributed by atoms with Gasteiger partial charge in [0.1, 0.15) is 6.42 Å². The maximum absolute atomic E-state index is 12.4. The summed E-state index contributed by atoms with van der Waals surface area (Å²) in [6, 6.07) is 0. The molecule has 0 aliphatic carbocycles. The van der Waals surface area contributed by atoms with Gasteiger partial charge < -0.3 is 25.4 Å². The van der Waals surface area contributed by atoms with E-state index in [-0.39, 0.29) is 42.8 Å². The van der Waals surface area contributed by atoms with E-state index in [1.807, 2.05) is 25.7 Å². The van der Waals surface area contributed by atoms with Gasteiger partial charge in [-0.15, -0.1) is 0 Å². The Kier molecular flexibility index (Phi) is 7.83. The monoisotopic (exact) mass is 397 g/mol. The van der Waals surface area contributed by atoms with Crippen molar-refractivity contribution in [2.75, 3.05) is 32.8 Å². The highest BCUT2D eigenvalue weighted by Crippen LogP contribution is 2.35. The SMILES string of the molecule is CCNC(=O)CC(=O)NCCCCC1CN(C(=O)CC2(O)COC(C)(C)C2)C1. The van der Waals surface area contributed by atoms with Gasteiger partial charge in [0.15, 0.2) is 0 Å². The fourth-order valence-electron chi connectivity index (χ4n) is 3.94. The van der Waals surface area contributed by atoms with Crippen LogP contribution in [0.5, 0.6) is 0 Å². The minimum absolute atomic E-state index is 0.00216. The zero-order chi connectivity index (χ0) is 20.8. The molecular weight excluding hydrogens is 362 g/mol. The van der Waals surface area contributed by atoms with Crippen LogP contribution in [0.3, 0.4) is 0 Å². The van der Waals surface area contributed by atoms with Crippen LogP contribution in [0.2, 0.25) is 0 Å². The van der Waals surface area contributed by atoms with E-state index in [0.29, 0.717) is 25.4 Å². The fourth-order valence-corrected chi connectivity index (χ4v) is 3.94. The Bertz CT molecular complexity index is 574. The molecule has 0 aromatic rings. The number of amides is 3. The maximum Gasteiger partial charge on any atom is 0.229 e. The smallest absolute Gasteiger partial charge is 0.229 e. The Morgan fingerprint density at radius 1 is 1.14 bits per heavy atom. The summed E-state index contributed by atoms with van der Waals surface area (Å²) in [4.78, 5) is 37.0. The first-order valence-electron chi connectivity index (χ1n) is 10.3. The van der Waals surface area contributed by atoms with Gasteiger partial charge in [-0.2, -0.15) is 0 Å². The molecular formula is C20H35N3O5. The standard InChI is InChI=1S/C20H35N3O5/c1-4-21-16(24)9-17(25)22-8-6-5-7-15-11-23(12-15)18(26)10-20(27)13-19(2,3)28-14-20/h15,27H,4-14H2,1-3H3,(H,21,24)(H,22,25). The van der Waals surface area contributed by atoms with Gasteiger partial charge >= 0.3 is 0 Å². The van der Waals surface area contributed by atoms with Crippen LogP contribution in [0.15, 0.2) is 0 Å². The Labute approximate surface area is 167 Å². The zero-order valence-corrected chi connectivity index (χ0v) is 17.4. The Hall–Kier alpha value is -1.67. The van der Waals surface area contributed by atoms with E-state index in [2.05, 4.69) is 10.6 Å². The van der Waals surface area contributed by atoms with E-state index in [4.69, 9.17) is 4.74 Å². The molecule has 1 atom stereocenters. The van der Waals surface area contributed by atoms with Gasteiger partial charge in [-0.05, 0) is 39.5 Å². The van der Waals surface area contributed by atoms with Gasteiger partial charge in [-0.1, -0.05) is 6.42 Å². The molecule has 2 rings (SSSR count). The Morgan fingerprint density at radius 2 is 1.82 bits per heavy atom. The lowest BCUT2D eigenvalue weighted by atomic mass is 9.88. The van der Waals surface area contributed by atoms with E-state index < -0.39 is 5.60 Å². The molecule has 0 spiro atoms. The average molecular weight is 398 g/mol. The Morgan fingerprint density at radius 3 is 2.43 bits per heavy atom. The molecule has 8 nitrogen and oxygen atoms in total. The second kappa shape index (κ2) is 9.69. The number of hydrogen-bond acceptors (Lipinski definition) is 5. The predicted molar refractivity (Wildman–Crippen MR) is 104 cm³/mol. The summed E-state index contributed by atoms with van der Waals surface area (Å²) in [7, 11) is 0. The number of nitrogens with one attached hydrogen (secondary N) is 2. The molecule has 2 aliphatic heterocycles. The summed E-state index contributed by atoms with van der Waals surface area (Å²) in [6.45, 7) is 8.46. The van der Waals surface area contributed by atoms with Gasteiger partial charge in [-0.3, -0.25) is 14.4 Å². The number of hydrogen-bond donors (Lipinski definition) is 3. The van der Waals surface area contributed by atoms with Crippen LogP contribution in [0.1, 0.15) is 59.3 Å². The number of carbonyl (C=O) groups excluding carboxylic acids is 3. The molecule has 2 fully saturated rings. The summed E-state index contributed by atoms with van der Waals surface area (Å²) < 4.78 is 5.56. The van der Waals surface area contributed by atoms with Crippen LogP contribution in [0.25, 0.3) is 0 Å². The third kappa shape index (κ3) is 7.05. The molecule has 2 saturated heterocycles. The summed E-state index contributed by atoms with van der Waals surface area (Å²) >= 11 is 0. The molecule has 0 aromatic carbocycles. The predicted octanol–water partition coefficient (Wildman–Crippen LogP) is 0.578. The highest BCUT2D eigenvalue weighted by molar-refractivity contribution is 5.96. The number of aliphatic hydroxyl groups is 1. The van der Waals surface area contributed by atoms with E-state index in [1.54, 1.807) is 0 Å². The van der Waals surface area contributed by atoms with Crippen LogP contribution >= 0.6 is 0 Å². The molecule has 0 radical (unpaired) electrons. The third-order valence-electron chi connectivity index (χ3n) is 5.33. The number of carbonyl (C=O) groups is 3. The van der Waals surface area contributed by atoms with Crippen molar-refractivity contribution in [1.82, 2.24) is 15.5 Å². The lowest BCUT2D eigenvalue weighted by Crippen LogP contribution is -2.52. The number of likely N-dealkylation sites (tertiary alicyclic amines) is 1. The van der Waals surface area contributed by atoms with Crippen LogP contribution in [-0.4, -0.2) is 71.7 Å². The van der Waals surface area contributed by atoms with Gasteiger partial charge in [-0.25, -0.2) is 0 Å². The molecule has 0 aromatic heterocycles. The molecule has 2 heterocycles. The molecule has 3 amide bonds. The Balaban J connectivity index is 1.52. The number of ether oxygens (including phenoxy) is 1. The van der Waals surface area contributed by atoms with E-state index in [0.717, 1.165) is 32.4 Å². The van der Waals surface area contributed by atoms with Crippen molar-refractivity contribution in [1.29, 1.82) is 0 Å². The minimum Gasteiger partial charge on any atom is -0.387 e. The molecule has 0 saturated carbocycles. The number of unbranched alkanes of at least 4 members (excludes halogenated alkanes) is 1. The molecule has 28 heavy (non-hydrogen) atoms. The second-order valence-electron chi connectivity index (χ2n) is 8.77. The van der Waals surface area contributed by atoms with Crippen molar-refractivity contribution in [3.63, 3.8) is 0 Å². The van der Waals surface area contributed by atoms with Crippen molar-refractivity contribution in [3.8, 4) is 0 Å². The normalized spacial score (nSPS) is 23.9. The van der Waals surface area contributed by atoms with Crippen LogP contribution < -0.4 is 10.6 Å².